The van der Waals surface area contributed by atoms with Crippen LogP contribution in [0.1, 0.15) is 16.1 Å². The highest BCUT2D eigenvalue weighted by atomic mass is 16.5. The maximum Gasteiger partial charge on any atom is 0.336 e. The predicted octanol–water partition coefficient (Wildman–Crippen LogP) is 4.97. The number of carboxylic acids is 1. The van der Waals surface area contributed by atoms with Gasteiger partial charge in [-0.25, -0.2) is 9.78 Å². The molecule has 1 N–H and O–H groups in total. The fourth-order valence-electron chi connectivity index (χ4n) is 3.79. The minimum absolute atomic E-state index is 0.163. The number of benzene rings is 2. The number of carbonyl (C=O) groups is 1. The van der Waals surface area contributed by atoms with Crippen molar-refractivity contribution in [3.8, 4) is 28.1 Å². The van der Waals surface area contributed by atoms with E-state index in [1.54, 1.807) is 41.3 Å². The van der Waals surface area contributed by atoms with E-state index in [1.165, 1.54) is 0 Å². The third-order valence-corrected chi connectivity index (χ3v) is 5.33. The Morgan fingerprint density at radius 1 is 1.00 bits per heavy atom. The van der Waals surface area contributed by atoms with Crippen molar-refractivity contribution in [2.45, 2.75) is 6.61 Å². The summed E-state index contributed by atoms with van der Waals surface area (Å²) < 4.78 is 7.69. The molecule has 5 rings (SSSR count). The van der Waals surface area contributed by atoms with Crippen LogP contribution >= 0.6 is 0 Å². The van der Waals surface area contributed by atoms with Crippen molar-refractivity contribution in [2.24, 2.45) is 7.05 Å². The summed E-state index contributed by atoms with van der Waals surface area (Å²) in [5.74, 6) is -0.327. The quantitative estimate of drug-likeness (QED) is 0.404. The fraction of sp³-hybridized carbons (Fsp3) is 0.0769. The van der Waals surface area contributed by atoms with E-state index in [-0.39, 0.29) is 12.2 Å². The molecule has 0 saturated heterocycles. The van der Waals surface area contributed by atoms with Gasteiger partial charge in [-0.15, -0.1) is 0 Å². The molecule has 7 nitrogen and oxygen atoms in total. The van der Waals surface area contributed by atoms with Crippen LogP contribution in [0.2, 0.25) is 0 Å². The normalized spacial score (nSPS) is 10.9. The van der Waals surface area contributed by atoms with Crippen molar-refractivity contribution in [3.05, 3.63) is 96.6 Å². The van der Waals surface area contributed by atoms with Crippen molar-refractivity contribution >= 4 is 16.9 Å². The first-order valence-electron chi connectivity index (χ1n) is 10.4. The summed E-state index contributed by atoms with van der Waals surface area (Å²) in [7, 11) is 1.90. The van der Waals surface area contributed by atoms with Crippen molar-refractivity contribution in [3.63, 3.8) is 0 Å². The number of aryl methyl sites for hydroxylation is 1. The largest absolute Gasteiger partial charge is 0.487 e. The van der Waals surface area contributed by atoms with E-state index in [2.05, 4.69) is 15.1 Å². The lowest BCUT2D eigenvalue weighted by Crippen LogP contribution is -2.04. The van der Waals surface area contributed by atoms with E-state index in [0.717, 1.165) is 22.4 Å². The predicted molar refractivity (Wildman–Crippen MR) is 125 cm³/mol. The Labute approximate surface area is 189 Å². The second-order valence-electron chi connectivity index (χ2n) is 7.60. The van der Waals surface area contributed by atoms with Crippen LogP contribution in [-0.2, 0) is 13.7 Å². The van der Waals surface area contributed by atoms with E-state index in [9.17, 15) is 9.90 Å². The van der Waals surface area contributed by atoms with Crippen LogP contribution in [0.15, 0.2) is 85.3 Å². The molecule has 0 fully saturated rings. The molecule has 0 bridgehead atoms. The van der Waals surface area contributed by atoms with Crippen LogP contribution in [0.3, 0.4) is 0 Å². The molecule has 2 aromatic carbocycles. The molecule has 0 spiro atoms. The maximum atomic E-state index is 11.7. The van der Waals surface area contributed by atoms with Crippen LogP contribution in [-0.4, -0.2) is 30.8 Å². The summed E-state index contributed by atoms with van der Waals surface area (Å²) in [5, 5.41) is 14.8. The number of fused-ring (bicyclic) bond motifs is 1. The number of hydrogen-bond donors (Lipinski definition) is 1. The number of aromatic nitrogens is 4. The summed E-state index contributed by atoms with van der Waals surface area (Å²) in [5.41, 5.74) is 5.31. The van der Waals surface area contributed by atoms with Crippen molar-refractivity contribution in [2.75, 3.05) is 0 Å². The minimum Gasteiger partial charge on any atom is -0.487 e. The SMILES string of the molecule is Cn1cc(-c2ccncc2)c(-c2ccc(OCc3cc(C(=O)O)c4ccccc4n3)cc2)n1. The van der Waals surface area contributed by atoms with Gasteiger partial charge < -0.3 is 9.84 Å². The van der Waals surface area contributed by atoms with Crippen molar-refractivity contribution < 1.29 is 14.6 Å². The lowest BCUT2D eigenvalue weighted by Gasteiger charge is -2.09. The molecule has 7 heteroatoms. The molecule has 0 unspecified atom stereocenters. The number of nitrogens with zero attached hydrogens (tertiary/aromatic N) is 4. The first-order valence-corrected chi connectivity index (χ1v) is 10.4. The molecule has 0 radical (unpaired) electrons. The summed E-state index contributed by atoms with van der Waals surface area (Å²) in [6.45, 7) is 0.163. The number of ether oxygens (including phenoxy) is 1. The highest BCUT2D eigenvalue weighted by Gasteiger charge is 2.14. The zero-order chi connectivity index (χ0) is 22.8. The molecule has 5 aromatic rings. The van der Waals surface area contributed by atoms with E-state index in [0.29, 0.717) is 22.3 Å². The van der Waals surface area contributed by atoms with Crippen LogP contribution in [0.4, 0.5) is 0 Å². The van der Waals surface area contributed by atoms with Gasteiger partial charge in [-0.2, -0.15) is 5.10 Å². The molecule has 3 heterocycles. The monoisotopic (exact) mass is 436 g/mol. The van der Waals surface area contributed by atoms with Gasteiger partial charge in [-0.3, -0.25) is 9.67 Å². The average molecular weight is 436 g/mol. The lowest BCUT2D eigenvalue weighted by atomic mass is 10.0. The molecule has 0 aliphatic carbocycles. The van der Waals surface area contributed by atoms with E-state index in [1.807, 2.05) is 55.7 Å². The number of aromatic carboxylic acids is 1. The molecular weight excluding hydrogens is 416 g/mol. The highest BCUT2D eigenvalue weighted by molar-refractivity contribution is 6.02. The smallest absolute Gasteiger partial charge is 0.336 e. The van der Waals surface area contributed by atoms with Crippen LogP contribution in [0.25, 0.3) is 33.3 Å². The molecule has 162 valence electrons. The highest BCUT2D eigenvalue weighted by Crippen LogP contribution is 2.31. The molecular formula is C26H20N4O3. The second kappa shape index (κ2) is 8.55. The van der Waals surface area contributed by atoms with Crippen molar-refractivity contribution in [1.29, 1.82) is 0 Å². The lowest BCUT2D eigenvalue weighted by molar-refractivity contribution is 0.0698. The van der Waals surface area contributed by atoms with Crippen LogP contribution in [0, 0.1) is 0 Å². The van der Waals surface area contributed by atoms with Gasteiger partial charge in [0.25, 0.3) is 0 Å². The Morgan fingerprint density at radius 3 is 2.52 bits per heavy atom. The van der Waals surface area contributed by atoms with Gasteiger partial charge in [-0.05, 0) is 54.1 Å². The Balaban J connectivity index is 1.37. The summed E-state index contributed by atoms with van der Waals surface area (Å²) >= 11 is 0. The molecule has 0 saturated carbocycles. The van der Waals surface area contributed by atoms with Crippen LogP contribution in [0.5, 0.6) is 5.75 Å². The number of para-hydroxylation sites is 1. The molecule has 3 aromatic heterocycles. The van der Waals surface area contributed by atoms with Gasteiger partial charge in [0.15, 0.2) is 0 Å². The van der Waals surface area contributed by atoms with Gasteiger partial charge in [0.1, 0.15) is 18.1 Å². The molecule has 0 aliphatic rings. The zero-order valence-electron chi connectivity index (χ0n) is 17.8. The van der Waals surface area contributed by atoms with E-state index < -0.39 is 5.97 Å². The molecule has 0 amide bonds. The van der Waals surface area contributed by atoms with Gasteiger partial charge in [0.05, 0.1) is 16.8 Å². The van der Waals surface area contributed by atoms with E-state index >= 15 is 0 Å². The first-order chi connectivity index (χ1) is 16.1. The Bertz CT molecular complexity index is 1440. The van der Waals surface area contributed by atoms with Gasteiger partial charge in [0.2, 0.25) is 0 Å². The van der Waals surface area contributed by atoms with Gasteiger partial charge >= 0.3 is 5.97 Å². The first kappa shape index (κ1) is 20.4. The maximum absolute atomic E-state index is 11.7. The number of hydrogen-bond acceptors (Lipinski definition) is 5. The average Bonchev–Trinajstić information content (AvgIpc) is 3.24. The number of carboxylic acid groups (broad SMARTS) is 1. The Hall–Kier alpha value is -4.52. The molecule has 33 heavy (non-hydrogen) atoms. The third kappa shape index (κ3) is 4.16. The summed E-state index contributed by atoms with van der Waals surface area (Å²) in [6.07, 6.45) is 5.51. The molecule has 0 atom stereocenters. The van der Waals surface area contributed by atoms with Crippen molar-refractivity contribution in [1.82, 2.24) is 19.7 Å². The molecule has 0 aliphatic heterocycles. The Kier molecular flexibility index (Phi) is 5.28. The Morgan fingerprint density at radius 2 is 1.76 bits per heavy atom. The number of rotatable bonds is 6. The second-order valence-corrected chi connectivity index (χ2v) is 7.60. The fourth-order valence-corrected chi connectivity index (χ4v) is 3.79. The topological polar surface area (TPSA) is 90.1 Å². The summed E-state index contributed by atoms with van der Waals surface area (Å²) in [4.78, 5) is 20.3. The van der Waals surface area contributed by atoms with Gasteiger partial charge in [0, 0.05) is 42.2 Å². The van der Waals surface area contributed by atoms with E-state index in [4.69, 9.17) is 4.74 Å². The summed E-state index contributed by atoms with van der Waals surface area (Å²) in [6, 6.07) is 20.3. The standard InChI is InChI=1S/C26H20N4O3/c1-30-15-23(17-10-12-27-13-11-17)25(29-30)18-6-8-20(9-7-18)33-16-19-14-22(26(31)32)21-4-2-3-5-24(21)28-19/h2-15H,16H2,1H3,(H,31,32). The number of pyridine rings is 2. The third-order valence-electron chi connectivity index (χ3n) is 5.33. The van der Waals surface area contributed by atoms with Crippen LogP contribution < -0.4 is 4.74 Å². The minimum atomic E-state index is -0.987. The van der Waals surface area contributed by atoms with Gasteiger partial charge in [-0.1, -0.05) is 18.2 Å². The zero-order valence-corrected chi connectivity index (χ0v) is 17.8.